The van der Waals surface area contributed by atoms with E-state index < -0.39 is 16.1 Å². The number of pyridine rings is 1. The van der Waals surface area contributed by atoms with E-state index in [1.807, 2.05) is 18.2 Å². The Balaban J connectivity index is 1.52. The van der Waals surface area contributed by atoms with Crippen LogP contribution in [-0.4, -0.2) is 56.5 Å². The van der Waals surface area contributed by atoms with Crippen LogP contribution in [0.3, 0.4) is 0 Å². The third-order valence-electron chi connectivity index (χ3n) is 6.62. The molecule has 2 aromatic heterocycles. The van der Waals surface area contributed by atoms with Crippen LogP contribution in [0.5, 0.6) is 0 Å². The average Bonchev–Trinajstić information content (AvgIpc) is 3.22. The summed E-state index contributed by atoms with van der Waals surface area (Å²) in [5, 5.41) is 9.79. The number of nitrogens with two attached hydrogens (primary N) is 1. The zero-order chi connectivity index (χ0) is 26.9. The molecule has 1 saturated heterocycles. The van der Waals surface area contributed by atoms with Crippen molar-refractivity contribution in [1.82, 2.24) is 19.3 Å². The van der Waals surface area contributed by atoms with Gasteiger partial charge >= 0.3 is 0 Å². The van der Waals surface area contributed by atoms with Gasteiger partial charge in [-0.05, 0) is 41.5 Å². The Morgan fingerprint density at radius 1 is 1.08 bits per heavy atom. The molecule has 0 radical (unpaired) electrons. The standard InChI is InChI=1S/C26H28ClN5O5S/c27-20-3-1-17(2-4-20)14-29-26(34)23-16-32-21(5-6-30-38(28,35)36)13-19-11-18(12-22(24(19)32)25(23)33)15-31-7-9-37-10-8-31/h1-4,11-13,16,30H,5-10,14-15H2,(H,29,34)(H2,28,35,36). The molecule has 1 aliphatic rings. The van der Waals surface area contributed by atoms with Crippen LogP contribution in [-0.2, 0) is 34.5 Å². The number of halogens is 1. The van der Waals surface area contributed by atoms with E-state index in [1.54, 1.807) is 28.7 Å². The van der Waals surface area contributed by atoms with Gasteiger partial charge in [-0.3, -0.25) is 14.5 Å². The van der Waals surface area contributed by atoms with Crippen molar-refractivity contribution < 1.29 is 17.9 Å². The van der Waals surface area contributed by atoms with Gasteiger partial charge in [-0.2, -0.15) is 8.42 Å². The molecule has 2 aromatic carbocycles. The number of aromatic nitrogens is 1. The van der Waals surface area contributed by atoms with E-state index in [0.29, 0.717) is 42.1 Å². The Morgan fingerprint density at radius 3 is 2.53 bits per heavy atom. The highest BCUT2D eigenvalue weighted by Crippen LogP contribution is 2.27. The lowest BCUT2D eigenvalue weighted by Crippen LogP contribution is -2.35. The highest BCUT2D eigenvalue weighted by atomic mass is 35.5. The first-order chi connectivity index (χ1) is 18.2. The van der Waals surface area contributed by atoms with Crippen LogP contribution in [0.25, 0.3) is 16.3 Å². The van der Waals surface area contributed by atoms with Crippen molar-refractivity contribution in [3.63, 3.8) is 0 Å². The average molecular weight is 558 g/mol. The maximum Gasteiger partial charge on any atom is 0.274 e. The predicted molar refractivity (Wildman–Crippen MR) is 146 cm³/mol. The Labute approximate surface area is 224 Å². The molecule has 1 amide bonds. The number of hydrogen-bond acceptors (Lipinski definition) is 6. The monoisotopic (exact) mass is 557 g/mol. The number of rotatable bonds is 9. The minimum Gasteiger partial charge on any atom is -0.379 e. The van der Waals surface area contributed by atoms with E-state index in [-0.39, 0.29) is 24.1 Å². The van der Waals surface area contributed by atoms with E-state index in [4.69, 9.17) is 21.5 Å². The van der Waals surface area contributed by atoms with Crippen LogP contribution in [0.15, 0.2) is 53.5 Å². The van der Waals surface area contributed by atoms with Crippen molar-refractivity contribution in [2.45, 2.75) is 19.5 Å². The van der Waals surface area contributed by atoms with Gasteiger partial charge in [-0.1, -0.05) is 23.7 Å². The van der Waals surface area contributed by atoms with Crippen LogP contribution in [0.4, 0.5) is 0 Å². The number of carbonyl (C=O) groups is 1. The Kier molecular flexibility index (Phi) is 7.66. The fourth-order valence-electron chi connectivity index (χ4n) is 4.81. The maximum atomic E-state index is 13.6. The molecule has 4 N–H and O–H groups in total. The second kappa shape index (κ2) is 11.0. The first kappa shape index (κ1) is 26.5. The molecule has 3 heterocycles. The Bertz CT molecular complexity index is 1630. The minimum absolute atomic E-state index is 0.00754. The summed E-state index contributed by atoms with van der Waals surface area (Å²) in [5.41, 5.74) is 2.90. The zero-order valence-corrected chi connectivity index (χ0v) is 22.1. The lowest BCUT2D eigenvalue weighted by molar-refractivity contribution is 0.0342. The third-order valence-corrected chi connectivity index (χ3v) is 7.48. The Hall–Kier alpha value is -3.06. The van der Waals surface area contributed by atoms with Gasteiger partial charge in [0.2, 0.25) is 5.43 Å². The normalized spacial score (nSPS) is 14.9. The molecule has 4 aromatic rings. The van der Waals surface area contributed by atoms with E-state index in [0.717, 1.165) is 35.3 Å². The fraction of sp³-hybridized carbons (Fsp3) is 0.308. The second-order valence-electron chi connectivity index (χ2n) is 9.35. The lowest BCUT2D eigenvalue weighted by Gasteiger charge is -2.26. The summed E-state index contributed by atoms with van der Waals surface area (Å²) in [6, 6.07) is 12.9. The number of morpholine rings is 1. The van der Waals surface area contributed by atoms with Gasteiger partial charge in [0.15, 0.2) is 0 Å². The van der Waals surface area contributed by atoms with Crippen LogP contribution in [0, 0.1) is 0 Å². The summed E-state index contributed by atoms with van der Waals surface area (Å²) in [6.07, 6.45) is 1.84. The summed E-state index contributed by atoms with van der Waals surface area (Å²) >= 11 is 5.94. The number of nitrogens with zero attached hydrogens (tertiary/aromatic N) is 2. The SMILES string of the molecule is NS(=O)(=O)NCCc1cc2cc(CN3CCOCC3)cc3c(=O)c(C(=O)NCc4ccc(Cl)cc4)cn1c23. The number of carbonyl (C=O) groups excluding carboxylic acids is 1. The summed E-state index contributed by atoms with van der Waals surface area (Å²) in [5.74, 6) is -0.496. The topological polar surface area (TPSA) is 135 Å². The quantitative estimate of drug-likeness (QED) is 0.286. The summed E-state index contributed by atoms with van der Waals surface area (Å²) < 4.78 is 32.3. The molecular formula is C26H28ClN5O5S. The largest absolute Gasteiger partial charge is 0.379 e. The van der Waals surface area contributed by atoms with Crippen molar-refractivity contribution in [3.8, 4) is 0 Å². The molecule has 0 unspecified atom stereocenters. The van der Waals surface area contributed by atoms with Crippen LogP contribution in [0.2, 0.25) is 5.02 Å². The Morgan fingerprint density at radius 2 is 1.82 bits per heavy atom. The van der Waals surface area contributed by atoms with Crippen LogP contribution in [0.1, 0.15) is 27.2 Å². The van der Waals surface area contributed by atoms with Gasteiger partial charge in [0.05, 0.1) is 18.7 Å². The highest BCUT2D eigenvalue weighted by Gasteiger charge is 2.20. The smallest absolute Gasteiger partial charge is 0.274 e. The van der Waals surface area contributed by atoms with Crippen LogP contribution >= 0.6 is 11.6 Å². The molecule has 5 rings (SSSR count). The second-order valence-corrected chi connectivity index (χ2v) is 11.2. The van der Waals surface area contributed by atoms with Gasteiger partial charge in [-0.25, -0.2) is 9.86 Å². The van der Waals surface area contributed by atoms with Gasteiger partial charge < -0.3 is 14.5 Å². The molecule has 0 saturated carbocycles. The molecule has 200 valence electrons. The van der Waals surface area contributed by atoms with Crippen molar-refractivity contribution >= 4 is 44.0 Å². The summed E-state index contributed by atoms with van der Waals surface area (Å²) in [6.45, 7) is 3.87. The minimum atomic E-state index is -3.85. The van der Waals surface area contributed by atoms with E-state index in [2.05, 4.69) is 14.9 Å². The molecule has 12 heteroatoms. The van der Waals surface area contributed by atoms with Gasteiger partial charge in [0, 0.05) is 66.8 Å². The fourth-order valence-corrected chi connectivity index (χ4v) is 5.32. The molecule has 10 nitrogen and oxygen atoms in total. The third kappa shape index (κ3) is 5.98. The molecule has 0 bridgehead atoms. The zero-order valence-electron chi connectivity index (χ0n) is 20.6. The van der Waals surface area contributed by atoms with Crippen molar-refractivity contribution in [2.75, 3.05) is 32.8 Å². The molecule has 38 heavy (non-hydrogen) atoms. The highest BCUT2D eigenvalue weighted by molar-refractivity contribution is 7.87. The number of nitrogens with one attached hydrogen (secondary N) is 2. The van der Waals surface area contributed by atoms with Crippen molar-refractivity contribution in [1.29, 1.82) is 0 Å². The molecule has 0 atom stereocenters. The molecular weight excluding hydrogens is 530 g/mol. The lowest BCUT2D eigenvalue weighted by atomic mass is 10.0. The van der Waals surface area contributed by atoms with Gasteiger partial charge in [0.1, 0.15) is 5.56 Å². The molecule has 1 aliphatic heterocycles. The maximum absolute atomic E-state index is 13.6. The summed E-state index contributed by atoms with van der Waals surface area (Å²) in [4.78, 5) is 29.0. The van der Waals surface area contributed by atoms with Crippen LogP contribution < -0.4 is 20.6 Å². The van der Waals surface area contributed by atoms with Gasteiger partial charge in [-0.15, -0.1) is 0 Å². The van der Waals surface area contributed by atoms with Crippen molar-refractivity contribution in [2.24, 2.45) is 5.14 Å². The molecule has 1 fully saturated rings. The van der Waals surface area contributed by atoms with E-state index >= 15 is 0 Å². The van der Waals surface area contributed by atoms with Crippen molar-refractivity contribution in [3.05, 3.63) is 86.3 Å². The van der Waals surface area contributed by atoms with E-state index in [1.165, 1.54) is 6.20 Å². The van der Waals surface area contributed by atoms with Gasteiger partial charge in [0.25, 0.3) is 16.1 Å². The number of hydrogen-bond donors (Lipinski definition) is 3. The molecule has 0 spiro atoms. The predicted octanol–water partition coefficient (Wildman–Crippen LogP) is 1.64. The van der Waals surface area contributed by atoms with E-state index in [9.17, 15) is 18.0 Å². The first-order valence-corrected chi connectivity index (χ1v) is 14.1. The number of benzene rings is 2. The molecule has 0 aliphatic carbocycles. The summed E-state index contributed by atoms with van der Waals surface area (Å²) in [7, 11) is -3.85. The number of amides is 1. The number of ether oxygens (including phenoxy) is 1. The first-order valence-electron chi connectivity index (χ1n) is 12.2.